The molecule has 0 atom stereocenters. The third-order valence-electron chi connectivity index (χ3n) is 2.78. The molecule has 4 nitrogen and oxygen atoms in total. The molecule has 0 amide bonds. The molecule has 102 valence electrons. The maximum atomic E-state index is 8.86. The highest BCUT2D eigenvalue weighted by atomic mass is 35.5. The zero-order valence-electron chi connectivity index (χ0n) is 11.1. The number of ether oxygens (including phenoxy) is 2. The molecule has 2 aromatic carbocycles. The number of nitrogens with zero attached hydrogens (tertiary/aromatic N) is 1. The van der Waals surface area contributed by atoms with E-state index in [2.05, 4.69) is 5.32 Å². The molecule has 0 heterocycles. The van der Waals surface area contributed by atoms with Crippen molar-refractivity contribution < 1.29 is 9.47 Å². The number of benzene rings is 2. The van der Waals surface area contributed by atoms with E-state index in [1.807, 2.05) is 24.3 Å². The standard InChI is InChI=1S/C15H13ClN2O2/c1-19-12-5-6-15(20-2)14(8-12)18-11-4-3-10(9-17)13(16)7-11/h3-8,18H,1-2H3. The van der Waals surface area contributed by atoms with E-state index in [9.17, 15) is 0 Å². The van der Waals surface area contributed by atoms with Crippen LogP contribution in [-0.2, 0) is 0 Å². The van der Waals surface area contributed by atoms with E-state index in [0.29, 0.717) is 22.1 Å². The first-order valence-electron chi connectivity index (χ1n) is 5.86. The van der Waals surface area contributed by atoms with Crippen LogP contribution in [0.5, 0.6) is 11.5 Å². The van der Waals surface area contributed by atoms with E-state index >= 15 is 0 Å². The first kappa shape index (κ1) is 14.0. The van der Waals surface area contributed by atoms with Crippen LogP contribution in [0.1, 0.15) is 5.56 Å². The van der Waals surface area contributed by atoms with Gasteiger partial charge in [0.05, 0.1) is 30.5 Å². The van der Waals surface area contributed by atoms with Crippen molar-refractivity contribution in [2.24, 2.45) is 0 Å². The van der Waals surface area contributed by atoms with Gasteiger partial charge in [-0.3, -0.25) is 0 Å². The van der Waals surface area contributed by atoms with E-state index in [-0.39, 0.29) is 0 Å². The number of halogens is 1. The van der Waals surface area contributed by atoms with E-state index in [1.54, 1.807) is 32.4 Å². The molecule has 0 radical (unpaired) electrons. The van der Waals surface area contributed by atoms with Crippen molar-refractivity contribution in [3.05, 3.63) is 47.0 Å². The Morgan fingerprint density at radius 1 is 1.10 bits per heavy atom. The molecule has 0 aromatic heterocycles. The molecule has 0 saturated carbocycles. The lowest BCUT2D eigenvalue weighted by Gasteiger charge is -2.13. The molecule has 20 heavy (non-hydrogen) atoms. The molecule has 0 saturated heterocycles. The molecule has 0 aliphatic rings. The average Bonchev–Trinajstić information content (AvgIpc) is 2.47. The lowest BCUT2D eigenvalue weighted by atomic mass is 10.2. The Labute approximate surface area is 122 Å². The second-order valence-electron chi connectivity index (χ2n) is 4.00. The van der Waals surface area contributed by atoms with Crippen molar-refractivity contribution in [3.63, 3.8) is 0 Å². The van der Waals surface area contributed by atoms with Gasteiger partial charge in [0, 0.05) is 11.8 Å². The Morgan fingerprint density at radius 2 is 1.90 bits per heavy atom. The Kier molecular flexibility index (Phi) is 4.34. The third-order valence-corrected chi connectivity index (χ3v) is 3.09. The number of nitrogens with one attached hydrogen (secondary N) is 1. The van der Waals surface area contributed by atoms with Crippen molar-refractivity contribution in [3.8, 4) is 17.6 Å². The molecule has 2 aromatic rings. The third kappa shape index (κ3) is 2.95. The second-order valence-corrected chi connectivity index (χ2v) is 4.40. The fourth-order valence-electron chi connectivity index (χ4n) is 1.75. The average molecular weight is 289 g/mol. The summed E-state index contributed by atoms with van der Waals surface area (Å²) in [4.78, 5) is 0. The molecule has 1 N–H and O–H groups in total. The molecule has 0 aliphatic carbocycles. The van der Waals surface area contributed by atoms with Crippen LogP contribution in [0, 0.1) is 11.3 Å². The summed E-state index contributed by atoms with van der Waals surface area (Å²) in [5.41, 5.74) is 1.96. The van der Waals surface area contributed by atoms with Gasteiger partial charge in [0.15, 0.2) is 0 Å². The summed E-state index contributed by atoms with van der Waals surface area (Å²) in [5.74, 6) is 1.40. The van der Waals surface area contributed by atoms with Crippen LogP contribution in [-0.4, -0.2) is 14.2 Å². The maximum Gasteiger partial charge on any atom is 0.142 e. The van der Waals surface area contributed by atoms with Gasteiger partial charge in [0.1, 0.15) is 17.6 Å². The molecule has 2 rings (SSSR count). The van der Waals surface area contributed by atoms with Gasteiger partial charge >= 0.3 is 0 Å². The van der Waals surface area contributed by atoms with Gasteiger partial charge in [-0.15, -0.1) is 0 Å². The predicted octanol–water partition coefficient (Wildman–Crippen LogP) is 3.97. The number of nitriles is 1. The van der Waals surface area contributed by atoms with Crippen LogP contribution in [0.25, 0.3) is 0 Å². The van der Waals surface area contributed by atoms with Crippen molar-refractivity contribution in [1.29, 1.82) is 5.26 Å². The first-order valence-corrected chi connectivity index (χ1v) is 6.24. The van der Waals surface area contributed by atoms with Crippen LogP contribution in [0.3, 0.4) is 0 Å². The molecule has 0 spiro atoms. The van der Waals surface area contributed by atoms with Gasteiger partial charge in [0.25, 0.3) is 0 Å². The van der Waals surface area contributed by atoms with Gasteiger partial charge < -0.3 is 14.8 Å². The SMILES string of the molecule is COc1ccc(OC)c(Nc2ccc(C#N)c(Cl)c2)c1. The molecular formula is C15H13ClN2O2. The van der Waals surface area contributed by atoms with Gasteiger partial charge in [-0.2, -0.15) is 5.26 Å². The summed E-state index contributed by atoms with van der Waals surface area (Å²) in [6.07, 6.45) is 0. The Hall–Kier alpha value is -2.38. The number of hydrogen-bond donors (Lipinski definition) is 1. The van der Waals surface area contributed by atoms with Gasteiger partial charge in [-0.1, -0.05) is 11.6 Å². The van der Waals surface area contributed by atoms with Crippen LogP contribution in [0.4, 0.5) is 11.4 Å². The van der Waals surface area contributed by atoms with Gasteiger partial charge in [-0.05, 0) is 30.3 Å². The molecule has 0 aliphatic heterocycles. The van der Waals surface area contributed by atoms with E-state index in [4.69, 9.17) is 26.3 Å². The Bertz CT molecular complexity index is 665. The number of anilines is 2. The Balaban J connectivity index is 2.34. The zero-order valence-corrected chi connectivity index (χ0v) is 11.9. The minimum absolute atomic E-state index is 0.402. The summed E-state index contributed by atoms with van der Waals surface area (Å²) < 4.78 is 10.5. The fourth-order valence-corrected chi connectivity index (χ4v) is 1.97. The first-order chi connectivity index (χ1) is 9.67. The molecule has 0 fully saturated rings. The smallest absolute Gasteiger partial charge is 0.142 e. The van der Waals surface area contributed by atoms with Gasteiger partial charge in [-0.25, -0.2) is 0 Å². The highest BCUT2D eigenvalue weighted by molar-refractivity contribution is 6.32. The second kappa shape index (κ2) is 6.18. The predicted molar refractivity (Wildman–Crippen MR) is 79.0 cm³/mol. The fraction of sp³-hybridized carbons (Fsp3) is 0.133. The van der Waals surface area contributed by atoms with Crippen molar-refractivity contribution >= 4 is 23.0 Å². The summed E-state index contributed by atoms with van der Waals surface area (Å²) in [7, 11) is 3.20. The minimum Gasteiger partial charge on any atom is -0.497 e. The van der Waals surface area contributed by atoms with Crippen LogP contribution in [0.15, 0.2) is 36.4 Å². The monoisotopic (exact) mass is 288 g/mol. The van der Waals surface area contributed by atoms with Crippen molar-refractivity contribution in [2.45, 2.75) is 0 Å². The van der Waals surface area contributed by atoms with Crippen molar-refractivity contribution in [1.82, 2.24) is 0 Å². The molecule has 0 bridgehead atoms. The maximum absolute atomic E-state index is 8.86. The topological polar surface area (TPSA) is 54.3 Å². The Morgan fingerprint density at radius 3 is 2.50 bits per heavy atom. The lowest BCUT2D eigenvalue weighted by Crippen LogP contribution is -1.96. The zero-order chi connectivity index (χ0) is 14.5. The van der Waals surface area contributed by atoms with Crippen molar-refractivity contribution in [2.75, 3.05) is 19.5 Å². The van der Waals surface area contributed by atoms with Crippen LogP contribution in [0.2, 0.25) is 5.02 Å². The van der Waals surface area contributed by atoms with Crippen LogP contribution < -0.4 is 14.8 Å². The molecular weight excluding hydrogens is 276 g/mol. The number of hydrogen-bond acceptors (Lipinski definition) is 4. The van der Waals surface area contributed by atoms with E-state index < -0.39 is 0 Å². The lowest BCUT2D eigenvalue weighted by molar-refractivity contribution is 0.405. The number of methoxy groups -OCH3 is 2. The van der Waals surface area contributed by atoms with Gasteiger partial charge in [0.2, 0.25) is 0 Å². The summed E-state index contributed by atoms with van der Waals surface area (Å²) in [5, 5.41) is 12.5. The highest BCUT2D eigenvalue weighted by Crippen LogP contribution is 2.32. The summed E-state index contributed by atoms with van der Waals surface area (Å²) in [6, 6.07) is 12.6. The summed E-state index contributed by atoms with van der Waals surface area (Å²) >= 11 is 6.01. The van der Waals surface area contributed by atoms with E-state index in [0.717, 1.165) is 11.4 Å². The number of rotatable bonds is 4. The molecule has 5 heteroatoms. The van der Waals surface area contributed by atoms with Crippen LogP contribution >= 0.6 is 11.6 Å². The van der Waals surface area contributed by atoms with E-state index in [1.165, 1.54) is 0 Å². The summed E-state index contributed by atoms with van der Waals surface area (Å²) in [6.45, 7) is 0. The quantitative estimate of drug-likeness (QED) is 0.925. The molecule has 0 unspecified atom stereocenters. The largest absolute Gasteiger partial charge is 0.497 e. The minimum atomic E-state index is 0.402. The highest BCUT2D eigenvalue weighted by Gasteiger charge is 2.07. The normalized spacial score (nSPS) is 9.70.